The Morgan fingerprint density at radius 2 is 2.09 bits per heavy atom. The van der Waals surface area contributed by atoms with Crippen molar-refractivity contribution < 1.29 is 9.47 Å². The second kappa shape index (κ2) is 3.61. The lowest BCUT2D eigenvalue weighted by Gasteiger charge is -2.01. The fraction of sp³-hybridized carbons (Fsp3) is 0.125. The number of rotatable bonds is 3. The average Bonchev–Trinajstić information content (AvgIpc) is 2.06. The molecule has 0 aliphatic carbocycles. The summed E-state index contributed by atoms with van der Waals surface area (Å²) in [6.45, 7) is 0. The molecule has 0 saturated carbocycles. The van der Waals surface area contributed by atoms with E-state index in [0.29, 0.717) is 5.75 Å². The van der Waals surface area contributed by atoms with Crippen LogP contribution >= 0.6 is 0 Å². The molecular formula is C8H9NO2. The van der Waals surface area contributed by atoms with Crippen LogP contribution in [0.15, 0.2) is 24.3 Å². The summed E-state index contributed by atoms with van der Waals surface area (Å²) in [5.74, 6) is 1.34. The Balaban J connectivity index is 2.82. The summed E-state index contributed by atoms with van der Waals surface area (Å²) in [4.78, 5) is 0. The van der Waals surface area contributed by atoms with Crippen LogP contribution in [0.3, 0.4) is 0 Å². The topological polar surface area (TPSA) is 42.3 Å². The molecule has 0 aromatic heterocycles. The van der Waals surface area contributed by atoms with E-state index in [4.69, 9.17) is 14.9 Å². The van der Waals surface area contributed by atoms with Gasteiger partial charge in [0.1, 0.15) is 11.5 Å². The molecule has 0 radical (unpaired) electrons. The van der Waals surface area contributed by atoms with E-state index in [1.165, 1.54) is 0 Å². The van der Waals surface area contributed by atoms with E-state index in [9.17, 15) is 0 Å². The molecule has 0 aliphatic heterocycles. The zero-order chi connectivity index (χ0) is 8.10. The van der Waals surface area contributed by atoms with Gasteiger partial charge in [-0.3, -0.25) is 5.41 Å². The van der Waals surface area contributed by atoms with Crippen molar-refractivity contribution in [1.82, 2.24) is 0 Å². The van der Waals surface area contributed by atoms with Gasteiger partial charge in [0.2, 0.25) is 0 Å². The lowest BCUT2D eigenvalue weighted by molar-refractivity contribution is 0.412. The quantitative estimate of drug-likeness (QED) is 0.527. The molecule has 0 heterocycles. The zero-order valence-corrected chi connectivity index (χ0v) is 6.20. The van der Waals surface area contributed by atoms with E-state index < -0.39 is 0 Å². The lowest BCUT2D eigenvalue weighted by Crippen LogP contribution is -1.88. The molecule has 0 fully saturated rings. The van der Waals surface area contributed by atoms with Crippen LogP contribution < -0.4 is 9.47 Å². The van der Waals surface area contributed by atoms with Crippen molar-refractivity contribution in [3.05, 3.63) is 24.3 Å². The highest BCUT2D eigenvalue weighted by Crippen LogP contribution is 2.17. The van der Waals surface area contributed by atoms with E-state index >= 15 is 0 Å². The Kier molecular flexibility index (Phi) is 2.49. The molecule has 1 aromatic carbocycles. The Morgan fingerprint density at radius 3 is 2.73 bits per heavy atom. The highest BCUT2D eigenvalue weighted by molar-refractivity contribution is 5.49. The van der Waals surface area contributed by atoms with E-state index in [0.717, 1.165) is 12.2 Å². The first-order chi connectivity index (χ1) is 5.36. The standard InChI is InChI=1S/C8H9NO2/c1-10-7-3-2-4-8(5-7)11-6-9/h2-6,9H,1H3. The van der Waals surface area contributed by atoms with Crippen molar-refractivity contribution in [1.29, 1.82) is 5.41 Å². The van der Waals surface area contributed by atoms with Crippen LogP contribution in [-0.4, -0.2) is 13.5 Å². The predicted octanol–water partition coefficient (Wildman–Crippen LogP) is 1.68. The Bertz CT molecular complexity index is 248. The van der Waals surface area contributed by atoms with E-state index in [2.05, 4.69) is 0 Å². The van der Waals surface area contributed by atoms with Gasteiger partial charge in [-0.15, -0.1) is 0 Å². The smallest absolute Gasteiger partial charge is 0.173 e. The Labute approximate surface area is 65.1 Å². The van der Waals surface area contributed by atoms with E-state index in [1.807, 2.05) is 6.07 Å². The van der Waals surface area contributed by atoms with Gasteiger partial charge in [-0.1, -0.05) is 6.07 Å². The van der Waals surface area contributed by atoms with Gasteiger partial charge in [0.25, 0.3) is 0 Å². The zero-order valence-electron chi connectivity index (χ0n) is 6.20. The van der Waals surface area contributed by atoms with Crippen LogP contribution in [-0.2, 0) is 0 Å². The molecule has 3 nitrogen and oxygen atoms in total. The molecule has 3 heteroatoms. The summed E-state index contributed by atoms with van der Waals surface area (Å²) in [6.07, 6.45) is 0.884. The van der Waals surface area contributed by atoms with Gasteiger partial charge in [-0.05, 0) is 12.1 Å². The predicted molar refractivity (Wildman–Crippen MR) is 42.4 cm³/mol. The van der Waals surface area contributed by atoms with Gasteiger partial charge in [0.15, 0.2) is 6.40 Å². The second-order valence-electron chi connectivity index (χ2n) is 1.91. The van der Waals surface area contributed by atoms with Crippen molar-refractivity contribution in [2.45, 2.75) is 0 Å². The molecule has 58 valence electrons. The maximum atomic E-state index is 6.68. The molecule has 0 atom stereocenters. The van der Waals surface area contributed by atoms with Crippen LogP contribution in [0.25, 0.3) is 0 Å². The van der Waals surface area contributed by atoms with Crippen molar-refractivity contribution in [3.63, 3.8) is 0 Å². The summed E-state index contributed by atoms with van der Waals surface area (Å²) < 4.78 is 9.76. The molecule has 0 bridgehead atoms. The number of methoxy groups -OCH3 is 1. The molecule has 1 N–H and O–H groups in total. The molecule has 0 saturated heterocycles. The van der Waals surface area contributed by atoms with Crippen LogP contribution in [0.2, 0.25) is 0 Å². The van der Waals surface area contributed by atoms with Crippen LogP contribution in [0, 0.1) is 5.41 Å². The minimum absolute atomic E-state index is 0.611. The van der Waals surface area contributed by atoms with Gasteiger partial charge in [0, 0.05) is 6.07 Å². The minimum atomic E-state index is 0.611. The first-order valence-corrected chi connectivity index (χ1v) is 3.16. The molecular weight excluding hydrogens is 142 g/mol. The third kappa shape index (κ3) is 1.97. The van der Waals surface area contributed by atoms with Gasteiger partial charge in [0.05, 0.1) is 7.11 Å². The summed E-state index contributed by atoms with van der Waals surface area (Å²) in [5.41, 5.74) is 0. The molecule has 11 heavy (non-hydrogen) atoms. The number of ether oxygens (including phenoxy) is 2. The normalized spacial score (nSPS) is 8.82. The summed E-state index contributed by atoms with van der Waals surface area (Å²) in [5, 5.41) is 6.68. The molecule has 0 spiro atoms. The molecule has 0 aliphatic rings. The van der Waals surface area contributed by atoms with Crippen LogP contribution in [0.4, 0.5) is 0 Å². The maximum absolute atomic E-state index is 6.68. The van der Waals surface area contributed by atoms with Gasteiger partial charge in [-0.25, -0.2) is 0 Å². The molecule has 1 aromatic rings. The first-order valence-electron chi connectivity index (χ1n) is 3.16. The van der Waals surface area contributed by atoms with Crippen molar-refractivity contribution in [3.8, 4) is 11.5 Å². The third-order valence-corrected chi connectivity index (χ3v) is 1.24. The van der Waals surface area contributed by atoms with Crippen molar-refractivity contribution in [2.75, 3.05) is 7.11 Å². The molecule has 0 unspecified atom stereocenters. The maximum Gasteiger partial charge on any atom is 0.173 e. The lowest BCUT2D eigenvalue weighted by atomic mass is 10.3. The number of hydrogen-bond donors (Lipinski definition) is 1. The number of nitrogens with one attached hydrogen (secondary N) is 1. The largest absolute Gasteiger partial charge is 0.497 e. The van der Waals surface area contributed by atoms with Gasteiger partial charge < -0.3 is 9.47 Å². The summed E-state index contributed by atoms with van der Waals surface area (Å²) >= 11 is 0. The fourth-order valence-corrected chi connectivity index (χ4v) is 0.743. The second-order valence-corrected chi connectivity index (χ2v) is 1.91. The average molecular weight is 151 g/mol. The van der Waals surface area contributed by atoms with Gasteiger partial charge in [-0.2, -0.15) is 0 Å². The van der Waals surface area contributed by atoms with Crippen LogP contribution in [0.1, 0.15) is 0 Å². The third-order valence-electron chi connectivity index (χ3n) is 1.24. The van der Waals surface area contributed by atoms with Gasteiger partial charge >= 0.3 is 0 Å². The monoisotopic (exact) mass is 151 g/mol. The van der Waals surface area contributed by atoms with E-state index in [-0.39, 0.29) is 0 Å². The SMILES string of the molecule is COc1cccc(OC=N)c1. The van der Waals surface area contributed by atoms with Crippen LogP contribution in [0.5, 0.6) is 11.5 Å². The highest BCUT2D eigenvalue weighted by atomic mass is 16.5. The molecule has 1 rings (SSSR count). The number of hydrogen-bond acceptors (Lipinski definition) is 3. The first kappa shape index (κ1) is 7.60. The Morgan fingerprint density at radius 1 is 1.36 bits per heavy atom. The van der Waals surface area contributed by atoms with E-state index in [1.54, 1.807) is 25.3 Å². The van der Waals surface area contributed by atoms with Crippen molar-refractivity contribution >= 4 is 6.40 Å². The number of benzene rings is 1. The molecule has 0 amide bonds. The Hall–Kier alpha value is -1.51. The summed E-state index contributed by atoms with van der Waals surface area (Å²) in [6, 6.07) is 7.09. The van der Waals surface area contributed by atoms with Crippen molar-refractivity contribution in [2.24, 2.45) is 0 Å². The summed E-state index contributed by atoms with van der Waals surface area (Å²) in [7, 11) is 1.59. The fourth-order valence-electron chi connectivity index (χ4n) is 0.743. The minimum Gasteiger partial charge on any atom is -0.497 e. The highest BCUT2D eigenvalue weighted by Gasteiger charge is 1.93.